The zero-order valence-corrected chi connectivity index (χ0v) is 18.7. The molecule has 0 fully saturated rings. The van der Waals surface area contributed by atoms with E-state index in [4.69, 9.17) is 4.74 Å². The van der Waals surface area contributed by atoms with E-state index in [1.165, 1.54) is 16.7 Å². The molecular weight excluding hydrogens is 346 g/mol. The van der Waals surface area contributed by atoms with Gasteiger partial charge in [0.15, 0.2) is 0 Å². The molecule has 2 aromatic rings. The van der Waals surface area contributed by atoms with E-state index in [2.05, 4.69) is 77.6 Å². The van der Waals surface area contributed by atoms with Gasteiger partial charge in [-0.2, -0.15) is 0 Å². The SMILES string of the molecule is COc1cc2c(cc1C)CN(c1cc(C(C)(C)C)cc(C(C)(C)C)c1O)CC2. The van der Waals surface area contributed by atoms with E-state index in [0.29, 0.717) is 5.75 Å². The lowest BCUT2D eigenvalue weighted by atomic mass is 9.79. The second-order valence-electron chi connectivity index (χ2n) is 10.2. The smallest absolute Gasteiger partial charge is 0.142 e. The van der Waals surface area contributed by atoms with E-state index in [9.17, 15) is 5.11 Å². The van der Waals surface area contributed by atoms with Gasteiger partial charge in [0, 0.05) is 18.7 Å². The molecule has 2 aromatic carbocycles. The Morgan fingerprint density at radius 2 is 1.61 bits per heavy atom. The number of hydrogen-bond donors (Lipinski definition) is 1. The van der Waals surface area contributed by atoms with Gasteiger partial charge < -0.3 is 14.7 Å². The van der Waals surface area contributed by atoms with E-state index in [0.717, 1.165) is 42.1 Å². The van der Waals surface area contributed by atoms with Gasteiger partial charge >= 0.3 is 0 Å². The zero-order chi connectivity index (χ0) is 20.9. The topological polar surface area (TPSA) is 32.7 Å². The van der Waals surface area contributed by atoms with Crippen LogP contribution < -0.4 is 9.64 Å². The third-order valence-corrected chi connectivity index (χ3v) is 5.83. The maximum absolute atomic E-state index is 11.2. The number of benzene rings is 2. The molecule has 0 spiro atoms. The van der Waals surface area contributed by atoms with Crippen LogP contribution in [0.1, 0.15) is 69.4 Å². The average molecular weight is 382 g/mol. The second-order valence-corrected chi connectivity index (χ2v) is 10.2. The number of phenolic OH excluding ortho intramolecular Hbond substituents is 1. The summed E-state index contributed by atoms with van der Waals surface area (Å²) >= 11 is 0. The van der Waals surface area contributed by atoms with E-state index in [-0.39, 0.29) is 10.8 Å². The molecule has 0 amide bonds. The summed E-state index contributed by atoms with van der Waals surface area (Å²) < 4.78 is 5.49. The first-order valence-corrected chi connectivity index (χ1v) is 10.2. The highest BCUT2D eigenvalue weighted by Crippen LogP contribution is 2.43. The number of aryl methyl sites for hydroxylation is 1. The van der Waals surface area contributed by atoms with Crippen molar-refractivity contribution in [3.05, 3.63) is 52.1 Å². The summed E-state index contributed by atoms with van der Waals surface area (Å²) in [4.78, 5) is 2.33. The van der Waals surface area contributed by atoms with Crippen LogP contribution in [0.15, 0.2) is 24.3 Å². The molecule has 0 saturated carbocycles. The van der Waals surface area contributed by atoms with E-state index in [1.54, 1.807) is 7.11 Å². The molecule has 0 unspecified atom stereocenters. The van der Waals surface area contributed by atoms with Gasteiger partial charge in [-0.3, -0.25) is 0 Å². The minimum atomic E-state index is -0.113. The molecule has 1 heterocycles. The van der Waals surface area contributed by atoms with Crippen LogP contribution in [-0.4, -0.2) is 18.8 Å². The van der Waals surface area contributed by atoms with Crippen LogP contribution in [0, 0.1) is 6.92 Å². The molecule has 0 atom stereocenters. The van der Waals surface area contributed by atoms with Crippen LogP contribution in [0.2, 0.25) is 0 Å². The number of anilines is 1. The van der Waals surface area contributed by atoms with Gasteiger partial charge in [0.1, 0.15) is 11.5 Å². The van der Waals surface area contributed by atoms with Gasteiger partial charge in [-0.25, -0.2) is 0 Å². The van der Waals surface area contributed by atoms with E-state index in [1.807, 2.05) is 0 Å². The third kappa shape index (κ3) is 3.85. The van der Waals surface area contributed by atoms with Crippen molar-refractivity contribution in [1.29, 1.82) is 0 Å². The molecule has 1 aliphatic heterocycles. The van der Waals surface area contributed by atoms with Crippen molar-refractivity contribution in [2.75, 3.05) is 18.6 Å². The third-order valence-electron chi connectivity index (χ3n) is 5.83. The number of phenols is 1. The van der Waals surface area contributed by atoms with Gasteiger partial charge in [-0.05, 0) is 58.6 Å². The fraction of sp³-hybridized carbons (Fsp3) is 0.520. The first-order valence-electron chi connectivity index (χ1n) is 10.2. The van der Waals surface area contributed by atoms with Crippen molar-refractivity contribution in [1.82, 2.24) is 0 Å². The Kier molecular flexibility index (Phi) is 5.16. The molecule has 1 N–H and O–H groups in total. The van der Waals surface area contributed by atoms with Crippen molar-refractivity contribution in [2.45, 2.75) is 72.3 Å². The quantitative estimate of drug-likeness (QED) is 0.706. The van der Waals surface area contributed by atoms with Crippen molar-refractivity contribution in [3.8, 4) is 11.5 Å². The fourth-order valence-corrected chi connectivity index (χ4v) is 4.00. The molecule has 0 saturated heterocycles. The Balaban J connectivity index is 2.08. The first kappa shape index (κ1) is 20.6. The molecule has 0 radical (unpaired) electrons. The van der Waals surface area contributed by atoms with Crippen LogP contribution in [-0.2, 0) is 23.8 Å². The molecular formula is C25H35NO2. The predicted molar refractivity (Wildman–Crippen MR) is 118 cm³/mol. The fourth-order valence-electron chi connectivity index (χ4n) is 4.00. The first-order chi connectivity index (χ1) is 12.9. The van der Waals surface area contributed by atoms with Gasteiger partial charge in [0.05, 0.1) is 12.8 Å². The summed E-state index contributed by atoms with van der Waals surface area (Å²) in [5.74, 6) is 1.38. The number of fused-ring (bicyclic) bond motifs is 1. The molecule has 3 rings (SSSR count). The van der Waals surface area contributed by atoms with Gasteiger partial charge in [-0.1, -0.05) is 53.7 Å². The Morgan fingerprint density at radius 3 is 2.18 bits per heavy atom. The molecule has 152 valence electrons. The largest absolute Gasteiger partial charge is 0.505 e. The number of aromatic hydroxyl groups is 1. The van der Waals surface area contributed by atoms with E-state index >= 15 is 0 Å². The predicted octanol–water partition coefficient (Wildman–Crippen LogP) is 5.87. The molecule has 0 bridgehead atoms. The lowest BCUT2D eigenvalue weighted by molar-refractivity contribution is 0.410. The summed E-state index contributed by atoms with van der Waals surface area (Å²) in [5, 5.41) is 11.2. The monoisotopic (exact) mass is 381 g/mol. The highest BCUT2D eigenvalue weighted by atomic mass is 16.5. The maximum Gasteiger partial charge on any atom is 0.142 e. The highest BCUT2D eigenvalue weighted by molar-refractivity contribution is 5.66. The van der Waals surface area contributed by atoms with Crippen LogP contribution in [0.4, 0.5) is 5.69 Å². The van der Waals surface area contributed by atoms with Crippen molar-refractivity contribution >= 4 is 5.69 Å². The van der Waals surface area contributed by atoms with Crippen molar-refractivity contribution in [2.24, 2.45) is 0 Å². The highest BCUT2D eigenvalue weighted by Gasteiger charge is 2.28. The summed E-state index contributed by atoms with van der Waals surface area (Å²) in [7, 11) is 1.73. The zero-order valence-electron chi connectivity index (χ0n) is 18.7. The van der Waals surface area contributed by atoms with Gasteiger partial charge in [0.2, 0.25) is 0 Å². The summed E-state index contributed by atoms with van der Waals surface area (Å²) in [6.45, 7) is 17.0. The summed E-state index contributed by atoms with van der Waals surface area (Å²) in [6, 6.07) is 8.78. The minimum Gasteiger partial charge on any atom is -0.505 e. The molecule has 0 aliphatic carbocycles. The molecule has 3 heteroatoms. The lowest BCUT2D eigenvalue weighted by Crippen LogP contribution is -2.31. The maximum atomic E-state index is 11.2. The van der Waals surface area contributed by atoms with Crippen molar-refractivity contribution < 1.29 is 9.84 Å². The van der Waals surface area contributed by atoms with Gasteiger partial charge in [0.25, 0.3) is 0 Å². The standard InChI is InChI=1S/C25H35NO2/c1-16-11-18-15-26(10-9-17(18)12-22(16)28-8)21-14-19(24(2,3)4)13-20(23(21)27)25(5,6)7/h11-14,27H,9-10,15H2,1-8H3. The summed E-state index contributed by atoms with van der Waals surface area (Å²) in [6.07, 6.45) is 0.954. The summed E-state index contributed by atoms with van der Waals surface area (Å²) in [5.41, 5.74) is 6.98. The van der Waals surface area contributed by atoms with Crippen LogP contribution in [0.5, 0.6) is 11.5 Å². The number of methoxy groups -OCH3 is 1. The second kappa shape index (κ2) is 7.02. The molecule has 28 heavy (non-hydrogen) atoms. The molecule has 1 aliphatic rings. The Labute approximate surface area is 170 Å². The average Bonchev–Trinajstić information content (AvgIpc) is 2.58. The number of ether oxygens (including phenoxy) is 1. The minimum absolute atomic E-state index is 0.0279. The number of rotatable bonds is 2. The van der Waals surface area contributed by atoms with Gasteiger partial charge in [-0.15, -0.1) is 0 Å². The number of hydrogen-bond acceptors (Lipinski definition) is 3. The Bertz CT molecular complexity index is 885. The van der Waals surface area contributed by atoms with Crippen molar-refractivity contribution in [3.63, 3.8) is 0 Å². The molecule has 3 nitrogen and oxygen atoms in total. The Morgan fingerprint density at radius 1 is 0.929 bits per heavy atom. The van der Waals surface area contributed by atoms with Crippen LogP contribution >= 0.6 is 0 Å². The Hall–Kier alpha value is -2.16. The van der Waals surface area contributed by atoms with Crippen LogP contribution in [0.3, 0.4) is 0 Å². The lowest BCUT2D eigenvalue weighted by Gasteiger charge is -2.35. The normalized spacial score (nSPS) is 14.8. The van der Waals surface area contributed by atoms with E-state index < -0.39 is 0 Å². The number of nitrogens with zero attached hydrogens (tertiary/aromatic N) is 1. The van der Waals surface area contributed by atoms with Crippen LogP contribution in [0.25, 0.3) is 0 Å². The molecule has 0 aromatic heterocycles.